The maximum atomic E-state index is 12.7. The minimum Gasteiger partial charge on any atom is -0.356 e. The van der Waals surface area contributed by atoms with Crippen LogP contribution in [-0.2, 0) is 15.8 Å². The third kappa shape index (κ3) is 3.59. The molecule has 0 bridgehead atoms. The van der Waals surface area contributed by atoms with Gasteiger partial charge in [-0.2, -0.15) is 13.2 Å². The molecule has 4 heterocycles. The summed E-state index contributed by atoms with van der Waals surface area (Å²) >= 11 is 0. The van der Waals surface area contributed by atoms with E-state index in [1.165, 1.54) is 6.07 Å². The second-order valence-electron chi connectivity index (χ2n) is 7.61. The van der Waals surface area contributed by atoms with Gasteiger partial charge in [0.1, 0.15) is 5.82 Å². The number of hydrogen-bond acceptors (Lipinski definition) is 4. The van der Waals surface area contributed by atoms with Gasteiger partial charge < -0.3 is 15.1 Å². The van der Waals surface area contributed by atoms with Crippen molar-refractivity contribution in [2.75, 3.05) is 37.6 Å². The summed E-state index contributed by atoms with van der Waals surface area (Å²) in [6, 6.07) is 2.47. The van der Waals surface area contributed by atoms with Crippen molar-refractivity contribution in [3.8, 4) is 0 Å². The highest BCUT2D eigenvalue weighted by Gasteiger charge is 2.43. The lowest BCUT2D eigenvalue weighted by atomic mass is 9.98. The van der Waals surface area contributed by atoms with Gasteiger partial charge in [-0.3, -0.25) is 9.59 Å². The Hall–Kier alpha value is -2.32. The van der Waals surface area contributed by atoms with E-state index in [9.17, 15) is 22.8 Å². The number of carbonyl (C=O) groups is 2. The topological polar surface area (TPSA) is 65.5 Å². The van der Waals surface area contributed by atoms with Crippen LogP contribution in [0.2, 0.25) is 0 Å². The molecular formula is C18H21F3N4O2. The van der Waals surface area contributed by atoms with Crippen LogP contribution in [0.3, 0.4) is 0 Å². The van der Waals surface area contributed by atoms with Gasteiger partial charge in [0.25, 0.3) is 0 Å². The molecule has 0 spiro atoms. The van der Waals surface area contributed by atoms with E-state index in [1.807, 2.05) is 9.80 Å². The number of fused-ring (bicyclic) bond motifs is 1. The highest BCUT2D eigenvalue weighted by Crippen LogP contribution is 2.35. The van der Waals surface area contributed by atoms with Crippen LogP contribution < -0.4 is 10.2 Å². The molecule has 3 aliphatic rings. The predicted octanol–water partition coefficient (Wildman–Crippen LogP) is 1.52. The average molecular weight is 382 g/mol. The van der Waals surface area contributed by atoms with Gasteiger partial charge in [0.2, 0.25) is 11.8 Å². The normalized spacial score (nSPS) is 28.3. The van der Waals surface area contributed by atoms with Crippen molar-refractivity contribution in [2.45, 2.75) is 19.0 Å². The Morgan fingerprint density at radius 3 is 2.37 bits per heavy atom. The lowest BCUT2D eigenvalue weighted by Crippen LogP contribution is -2.45. The number of nitrogens with one attached hydrogen (secondary N) is 1. The SMILES string of the molecule is O=C1CCC(C(=O)N2CC3CN(c4ccc(C(F)(F)F)cn4)CC3C2)CN1. The standard InChI is InChI=1S/C18H21F3N4O2/c19-18(20,21)14-2-3-15(22-6-14)24-7-12-9-25(10-13(12)8-24)17(27)11-1-4-16(26)23-5-11/h2-3,6,11-13H,1,4-5,7-10H2,(H,23,26). The van der Waals surface area contributed by atoms with Crippen molar-refractivity contribution >= 4 is 17.6 Å². The molecule has 0 radical (unpaired) electrons. The highest BCUT2D eigenvalue weighted by atomic mass is 19.4. The minimum atomic E-state index is -4.38. The number of halogens is 3. The lowest BCUT2D eigenvalue weighted by Gasteiger charge is -2.28. The molecule has 0 aliphatic carbocycles. The number of piperidine rings is 1. The van der Waals surface area contributed by atoms with Crippen LogP contribution in [0.4, 0.5) is 19.0 Å². The zero-order valence-electron chi connectivity index (χ0n) is 14.7. The molecule has 1 aromatic heterocycles. The van der Waals surface area contributed by atoms with E-state index in [4.69, 9.17) is 0 Å². The fourth-order valence-corrected chi connectivity index (χ4v) is 4.30. The van der Waals surface area contributed by atoms with Gasteiger partial charge in [-0.15, -0.1) is 0 Å². The van der Waals surface area contributed by atoms with Gasteiger partial charge in [-0.05, 0) is 18.6 Å². The molecular weight excluding hydrogens is 361 g/mol. The molecule has 0 saturated carbocycles. The number of carbonyl (C=O) groups excluding carboxylic acids is 2. The highest BCUT2D eigenvalue weighted by molar-refractivity contribution is 5.84. The number of likely N-dealkylation sites (tertiary alicyclic amines) is 1. The first-order valence-corrected chi connectivity index (χ1v) is 9.15. The maximum Gasteiger partial charge on any atom is 0.417 e. The van der Waals surface area contributed by atoms with Crippen LogP contribution in [0.25, 0.3) is 0 Å². The van der Waals surface area contributed by atoms with Gasteiger partial charge in [0.05, 0.1) is 11.5 Å². The number of hydrogen-bond donors (Lipinski definition) is 1. The number of amides is 2. The third-order valence-electron chi connectivity index (χ3n) is 5.81. The Morgan fingerprint density at radius 1 is 1.15 bits per heavy atom. The van der Waals surface area contributed by atoms with E-state index >= 15 is 0 Å². The maximum absolute atomic E-state index is 12.7. The zero-order chi connectivity index (χ0) is 19.2. The molecule has 3 saturated heterocycles. The first kappa shape index (κ1) is 18.1. The molecule has 3 fully saturated rings. The molecule has 3 unspecified atom stereocenters. The molecule has 3 aliphatic heterocycles. The lowest BCUT2D eigenvalue weighted by molar-refractivity contribution is -0.138. The second-order valence-corrected chi connectivity index (χ2v) is 7.61. The molecule has 1 aromatic rings. The van der Waals surface area contributed by atoms with Crippen LogP contribution in [0.15, 0.2) is 18.3 Å². The quantitative estimate of drug-likeness (QED) is 0.843. The third-order valence-corrected chi connectivity index (χ3v) is 5.81. The smallest absolute Gasteiger partial charge is 0.356 e. The molecule has 2 amide bonds. The van der Waals surface area contributed by atoms with E-state index in [1.54, 1.807) is 0 Å². The van der Waals surface area contributed by atoms with Crippen LogP contribution >= 0.6 is 0 Å². The Morgan fingerprint density at radius 2 is 1.85 bits per heavy atom. The van der Waals surface area contributed by atoms with E-state index in [2.05, 4.69) is 10.3 Å². The van der Waals surface area contributed by atoms with Gasteiger partial charge >= 0.3 is 6.18 Å². The van der Waals surface area contributed by atoms with Crippen LogP contribution in [0.1, 0.15) is 18.4 Å². The van der Waals surface area contributed by atoms with Crippen molar-refractivity contribution in [3.63, 3.8) is 0 Å². The summed E-state index contributed by atoms with van der Waals surface area (Å²) in [4.78, 5) is 31.8. The van der Waals surface area contributed by atoms with Crippen LogP contribution in [0.5, 0.6) is 0 Å². The summed E-state index contributed by atoms with van der Waals surface area (Å²) in [6.07, 6.45) is -2.52. The summed E-state index contributed by atoms with van der Waals surface area (Å²) in [5.41, 5.74) is -0.748. The summed E-state index contributed by atoms with van der Waals surface area (Å²) in [7, 11) is 0. The van der Waals surface area contributed by atoms with Gasteiger partial charge in [0, 0.05) is 57.2 Å². The van der Waals surface area contributed by atoms with Crippen LogP contribution in [0, 0.1) is 17.8 Å². The van der Waals surface area contributed by atoms with E-state index in [0.717, 1.165) is 12.3 Å². The summed E-state index contributed by atoms with van der Waals surface area (Å²) in [5.74, 6) is 1.10. The summed E-state index contributed by atoms with van der Waals surface area (Å²) in [5, 5.41) is 2.75. The Bertz CT molecular complexity index is 713. The average Bonchev–Trinajstić information content (AvgIpc) is 3.20. The van der Waals surface area contributed by atoms with Gasteiger partial charge in [-0.25, -0.2) is 4.98 Å². The zero-order valence-corrected chi connectivity index (χ0v) is 14.7. The van der Waals surface area contributed by atoms with E-state index in [-0.39, 0.29) is 17.7 Å². The fraction of sp³-hybridized carbons (Fsp3) is 0.611. The molecule has 6 nitrogen and oxygen atoms in total. The number of aromatic nitrogens is 1. The monoisotopic (exact) mass is 382 g/mol. The predicted molar refractivity (Wildman–Crippen MR) is 90.7 cm³/mol. The molecule has 9 heteroatoms. The molecule has 27 heavy (non-hydrogen) atoms. The molecule has 4 rings (SSSR count). The van der Waals surface area contributed by atoms with Crippen molar-refractivity contribution in [1.82, 2.24) is 15.2 Å². The van der Waals surface area contributed by atoms with Crippen molar-refractivity contribution in [3.05, 3.63) is 23.9 Å². The van der Waals surface area contributed by atoms with E-state index < -0.39 is 11.7 Å². The van der Waals surface area contributed by atoms with Crippen LogP contribution in [-0.4, -0.2) is 54.4 Å². The number of alkyl halides is 3. The number of anilines is 1. The van der Waals surface area contributed by atoms with Crippen molar-refractivity contribution in [1.29, 1.82) is 0 Å². The fourth-order valence-electron chi connectivity index (χ4n) is 4.30. The van der Waals surface area contributed by atoms with Gasteiger partial charge in [0.15, 0.2) is 0 Å². The summed E-state index contributed by atoms with van der Waals surface area (Å²) < 4.78 is 38.0. The second kappa shape index (κ2) is 6.69. The van der Waals surface area contributed by atoms with Gasteiger partial charge in [-0.1, -0.05) is 0 Å². The largest absolute Gasteiger partial charge is 0.417 e. The first-order chi connectivity index (χ1) is 12.8. The molecule has 3 atom stereocenters. The first-order valence-electron chi connectivity index (χ1n) is 9.15. The number of nitrogens with zero attached hydrogens (tertiary/aromatic N) is 3. The minimum absolute atomic E-state index is 0.00275. The Balaban J connectivity index is 1.34. The van der Waals surface area contributed by atoms with E-state index in [0.29, 0.717) is 63.2 Å². The Kier molecular flexibility index (Phi) is 4.47. The molecule has 146 valence electrons. The summed E-state index contributed by atoms with van der Waals surface area (Å²) in [6.45, 7) is 3.10. The Labute approximate surface area is 154 Å². The molecule has 1 N–H and O–H groups in total. The number of pyridine rings is 1. The van der Waals surface area contributed by atoms with Crippen molar-refractivity contribution < 1.29 is 22.8 Å². The molecule has 0 aromatic carbocycles. The van der Waals surface area contributed by atoms with Crippen molar-refractivity contribution in [2.24, 2.45) is 17.8 Å². The number of rotatable bonds is 2.